The highest BCUT2D eigenvalue weighted by molar-refractivity contribution is 5.78. The van der Waals surface area contributed by atoms with Crippen molar-refractivity contribution in [2.75, 3.05) is 0 Å². The van der Waals surface area contributed by atoms with Crippen molar-refractivity contribution in [2.45, 2.75) is 59.2 Å². The number of hydrogen-bond donors (Lipinski definition) is 2. The van der Waals surface area contributed by atoms with E-state index < -0.39 is 5.91 Å². The van der Waals surface area contributed by atoms with Crippen molar-refractivity contribution < 1.29 is 4.79 Å². The Kier molecular flexibility index (Phi) is 7.23. The van der Waals surface area contributed by atoms with Crippen LogP contribution in [0.15, 0.2) is 53.3 Å². The van der Waals surface area contributed by atoms with Gasteiger partial charge in [0.25, 0.3) is 5.56 Å². The second kappa shape index (κ2) is 9.88. The van der Waals surface area contributed by atoms with Gasteiger partial charge in [-0.15, -0.1) is 0 Å². The third-order valence-electron chi connectivity index (χ3n) is 5.88. The number of nitrogens with zero attached hydrogens (tertiary/aromatic N) is 2. The predicted octanol–water partition coefficient (Wildman–Crippen LogP) is 3.88. The summed E-state index contributed by atoms with van der Waals surface area (Å²) >= 11 is 0. The van der Waals surface area contributed by atoms with E-state index in [-0.39, 0.29) is 18.1 Å². The number of carbonyl (C=O) groups excluding carboxylic acids is 1. The van der Waals surface area contributed by atoms with Crippen LogP contribution >= 0.6 is 0 Å². The maximum Gasteiger partial charge on any atom is 0.261 e. The summed E-state index contributed by atoms with van der Waals surface area (Å²) in [5.74, 6) is 0.793. The molecule has 164 valence electrons. The summed E-state index contributed by atoms with van der Waals surface area (Å²) < 4.78 is 1.38. The zero-order chi connectivity index (χ0) is 22.5. The van der Waals surface area contributed by atoms with Gasteiger partial charge < -0.3 is 11.1 Å². The first kappa shape index (κ1) is 22.7. The summed E-state index contributed by atoms with van der Waals surface area (Å²) in [7, 11) is 0. The van der Waals surface area contributed by atoms with Gasteiger partial charge in [0.05, 0.1) is 17.4 Å². The van der Waals surface area contributed by atoms with Crippen molar-refractivity contribution in [2.24, 2.45) is 11.7 Å². The zero-order valence-electron chi connectivity index (χ0n) is 18.8. The topological polar surface area (TPSA) is 90.0 Å². The van der Waals surface area contributed by atoms with Gasteiger partial charge in [-0.2, -0.15) is 0 Å². The minimum absolute atomic E-state index is 0.0800. The molecule has 0 unspecified atom stereocenters. The summed E-state index contributed by atoms with van der Waals surface area (Å²) in [6.07, 6.45) is 1.11. The van der Waals surface area contributed by atoms with E-state index in [1.165, 1.54) is 15.7 Å². The molecule has 0 bridgehead atoms. The van der Waals surface area contributed by atoms with Crippen molar-refractivity contribution >= 4 is 16.8 Å². The van der Waals surface area contributed by atoms with E-state index in [4.69, 9.17) is 5.73 Å². The third kappa shape index (κ3) is 5.20. The molecule has 0 spiro atoms. The van der Waals surface area contributed by atoms with Crippen molar-refractivity contribution in [3.8, 4) is 0 Å². The van der Waals surface area contributed by atoms with Crippen LogP contribution in [-0.2, 0) is 17.9 Å². The second-order valence-electron chi connectivity index (χ2n) is 8.48. The minimum atomic E-state index is -0.568. The molecule has 2 atom stereocenters. The standard InChI is InChI=1S/C25H32N4O2/c1-5-17(4)18-10-12-19(13-11-18)24(16(2)3)27-14-23-28-21-9-7-6-8-20(21)25(31)29(23)15-22(26)30/h6-13,16-17,24,27H,5,14-15H2,1-4H3,(H2,26,30)/t17-,24-/m1/s1. The molecule has 0 aliphatic rings. The molecule has 1 amide bonds. The summed E-state index contributed by atoms with van der Waals surface area (Å²) in [5, 5.41) is 4.03. The number of nitrogens with one attached hydrogen (secondary N) is 1. The van der Waals surface area contributed by atoms with Crippen LogP contribution in [0.2, 0.25) is 0 Å². The van der Waals surface area contributed by atoms with Gasteiger partial charge in [-0.1, -0.05) is 64.1 Å². The van der Waals surface area contributed by atoms with E-state index in [2.05, 4.69) is 62.3 Å². The first-order chi connectivity index (χ1) is 14.8. The van der Waals surface area contributed by atoms with E-state index in [1.54, 1.807) is 12.1 Å². The molecule has 0 fully saturated rings. The number of carbonyl (C=O) groups is 1. The Labute approximate surface area is 183 Å². The van der Waals surface area contributed by atoms with Crippen molar-refractivity contribution in [3.05, 3.63) is 75.8 Å². The Bertz CT molecular complexity index is 1100. The number of para-hydroxylation sites is 1. The lowest BCUT2D eigenvalue weighted by Gasteiger charge is -2.24. The fraction of sp³-hybridized carbons (Fsp3) is 0.400. The van der Waals surface area contributed by atoms with E-state index in [0.717, 1.165) is 6.42 Å². The monoisotopic (exact) mass is 420 g/mol. The summed E-state index contributed by atoms with van der Waals surface area (Å²) in [5.41, 5.74) is 8.29. The number of fused-ring (bicyclic) bond motifs is 1. The number of aromatic nitrogens is 2. The Morgan fingerprint density at radius 3 is 2.32 bits per heavy atom. The maximum absolute atomic E-state index is 13.0. The largest absolute Gasteiger partial charge is 0.368 e. The molecule has 6 heteroatoms. The van der Waals surface area contributed by atoms with Gasteiger partial charge in [0.15, 0.2) is 0 Å². The van der Waals surface area contributed by atoms with Crippen LogP contribution in [0.3, 0.4) is 0 Å². The Balaban J connectivity index is 1.91. The number of benzene rings is 2. The summed E-state index contributed by atoms with van der Waals surface area (Å²) in [6, 6.07) is 16.0. The predicted molar refractivity (Wildman–Crippen MR) is 125 cm³/mol. The highest BCUT2D eigenvalue weighted by Gasteiger charge is 2.18. The van der Waals surface area contributed by atoms with E-state index in [0.29, 0.717) is 35.1 Å². The van der Waals surface area contributed by atoms with Crippen LogP contribution in [0, 0.1) is 5.92 Å². The van der Waals surface area contributed by atoms with Crippen LogP contribution in [0.5, 0.6) is 0 Å². The molecule has 2 aromatic carbocycles. The fourth-order valence-corrected chi connectivity index (χ4v) is 3.88. The number of primary amides is 1. The molecule has 0 radical (unpaired) electrons. The number of nitrogens with two attached hydrogens (primary N) is 1. The molecule has 1 aromatic heterocycles. The van der Waals surface area contributed by atoms with Crippen molar-refractivity contribution in [1.82, 2.24) is 14.9 Å². The third-order valence-corrected chi connectivity index (χ3v) is 5.88. The lowest BCUT2D eigenvalue weighted by molar-refractivity contribution is -0.118. The minimum Gasteiger partial charge on any atom is -0.368 e. The van der Waals surface area contributed by atoms with Gasteiger partial charge in [0.1, 0.15) is 12.4 Å². The Hall–Kier alpha value is -2.99. The first-order valence-electron chi connectivity index (χ1n) is 10.9. The highest BCUT2D eigenvalue weighted by Crippen LogP contribution is 2.25. The molecule has 3 aromatic rings. The quantitative estimate of drug-likeness (QED) is 0.550. The van der Waals surface area contributed by atoms with E-state index >= 15 is 0 Å². The number of rotatable bonds is 9. The van der Waals surface area contributed by atoms with Gasteiger partial charge in [-0.3, -0.25) is 14.2 Å². The lowest BCUT2D eigenvalue weighted by atomic mass is 9.92. The molecule has 1 heterocycles. The smallest absolute Gasteiger partial charge is 0.261 e. The molecule has 0 aliphatic carbocycles. The SMILES string of the molecule is CC[C@@H](C)c1ccc([C@H](NCc2nc3ccccc3c(=O)n2CC(N)=O)C(C)C)cc1. The number of amides is 1. The van der Waals surface area contributed by atoms with E-state index in [1.807, 2.05) is 12.1 Å². The van der Waals surface area contributed by atoms with Gasteiger partial charge in [0.2, 0.25) is 5.91 Å². The molecule has 31 heavy (non-hydrogen) atoms. The van der Waals surface area contributed by atoms with Crippen LogP contribution < -0.4 is 16.6 Å². The van der Waals surface area contributed by atoms with Crippen LogP contribution in [0.25, 0.3) is 10.9 Å². The Morgan fingerprint density at radius 2 is 1.71 bits per heavy atom. The van der Waals surface area contributed by atoms with Crippen LogP contribution in [0.4, 0.5) is 0 Å². The fourth-order valence-electron chi connectivity index (χ4n) is 3.88. The lowest BCUT2D eigenvalue weighted by Crippen LogP contribution is -2.34. The molecule has 3 rings (SSSR count). The first-order valence-corrected chi connectivity index (χ1v) is 10.9. The zero-order valence-corrected chi connectivity index (χ0v) is 18.8. The van der Waals surface area contributed by atoms with Gasteiger partial charge >= 0.3 is 0 Å². The van der Waals surface area contributed by atoms with Gasteiger partial charge in [-0.25, -0.2) is 4.98 Å². The maximum atomic E-state index is 13.0. The Morgan fingerprint density at radius 1 is 1.06 bits per heavy atom. The average Bonchev–Trinajstić information content (AvgIpc) is 2.75. The highest BCUT2D eigenvalue weighted by atomic mass is 16.2. The van der Waals surface area contributed by atoms with Gasteiger partial charge in [0, 0.05) is 6.04 Å². The number of hydrogen-bond acceptors (Lipinski definition) is 4. The molecular weight excluding hydrogens is 388 g/mol. The summed E-state index contributed by atoms with van der Waals surface area (Å²) in [6.45, 7) is 8.90. The molecule has 0 saturated carbocycles. The van der Waals surface area contributed by atoms with Crippen molar-refractivity contribution in [1.29, 1.82) is 0 Å². The van der Waals surface area contributed by atoms with Crippen molar-refractivity contribution in [3.63, 3.8) is 0 Å². The van der Waals surface area contributed by atoms with Crippen LogP contribution in [-0.4, -0.2) is 15.5 Å². The second-order valence-corrected chi connectivity index (χ2v) is 8.48. The average molecular weight is 421 g/mol. The molecular formula is C25H32N4O2. The van der Waals surface area contributed by atoms with E-state index in [9.17, 15) is 9.59 Å². The van der Waals surface area contributed by atoms with Crippen LogP contribution in [0.1, 0.15) is 63.0 Å². The molecule has 6 nitrogen and oxygen atoms in total. The molecule has 3 N–H and O–H groups in total. The normalized spacial score (nSPS) is 13.5. The summed E-state index contributed by atoms with van der Waals surface area (Å²) in [4.78, 5) is 29.2. The molecule has 0 aliphatic heterocycles. The van der Waals surface area contributed by atoms with Gasteiger partial charge in [-0.05, 0) is 41.5 Å². The molecule has 0 saturated heterocycles.